The molecule has 2 aromatic heterocycles. The number of rotatable bonds is 3. The Morgan fingerprint density at radius 3 is 3.07 bits per heavy atom. The van der Waals surface area contributed by atoms with E-state index in [0.29, 0.717) is 5.16 Å². The fourth-order valence-electron chi connectivity index (χ4n) is 0.963. The van der Waals surface area contributed by atoms with E-state index in [1.54, 1.807) is 11.3 Å². The summed E-state index contributed by atoms with van der Waals surface area (Å²) < 4.78 is 12.8. The molecular formula is C9H8FN3S2. The summed E-state index contributed by atoms with van der Waals surface area (Å²) in [6.07, 6.45) is 1.10. The van der Waals surface area contributed by atoms with Crippen molar-refractivity contribution in [2.75, 3.05) is 5.73 Å². The summed E-state index contributed by atoms with van der Waals surface area (Å²) >= 11 is 3.11. The predicted molar refractivity (Wildman–Crippen MR) is 60.3 cm³/mol. The van der Waals surface area contributed by atoms with Crippen molar-refractivity contribution in [1.29, 1.82) is 0 Å². The van der Waals surface area contributed by atoms with Crippen molar-refractivity contribution in [3.63, 3.8) is 0 Å². The standard InChI is InChI=1S/C9H8FN3S2/c10-7-4-12-9(13-8(7)11)15-5-6-2-1-3-14-6/h1-4H,5H2,(H2,11,12,13). The lowest BCUT2D eigenvalue weighted by Crippen LogP contribution is -1.98. The van der Waals surface area contributed by atoms with Gasteiger partial charge in [0.2, 0.25) is 0 Å². The van der Waals surface area contributed by atoms with Crippen LogP contribution in [-0.2, 0) is 5.75 Å². The van der Waals surface area contributed by atoms with Crippen LogP contribution < -0.4 is 5.73 Å². The maximum absolute atomic E-state index is 12.8. The monoisotopic (exact) mass is 241 g/mol. The number of aromatic nitrogens is 2. The molecule has 0 saturated carbocycles. The van der Waals surface area contributed by atoms with E-state index >= 15 is 0 Å². The minimum Gasteiger partial charge on any atom is -0.381 e. The number of nitrogens with zero attached hydrogens (tertiary/aromatic N) is 2. The highest BCUT2D eigenvalue weighted by Crippen LogP contribution is 2.22. The number of nitrogens with two attached hydrogens (primary N) is 1. The second-order valence-corrected chi connectivity index (χ2v) is 4.73. The van der Waals surface area contributed by atoms with E-state index in [-0.39, 0.29) is 5.82 Å². The normalized spacial score (nSPS) is 10.5. The average molecular weight is 241 g/mol. The quantitative estimate of drug-likeness (QED) is 0.662. The van der Waals surface area contributed by atoms with Gasteiger partial charge in [-0.2, -0.15) is 0 Å². The Morgan fingerprint density at radius 2 is 2.40 bits per heavy atom. The first-order valence-corrected chi connectivity index (χ1v) is 6.05. The molecule has 6 heteroatoms. The Kier molecular flexibility index (Phi) is 3.17. The molecule has 0 amide bonds. The van der Waals surface area contributed by atoms with Gasteiger partial charge in [-0.3, -0.25) is 0 Å². The first-order valence-electron chi connectivity index (χ1n) is 4.19. The van der Waals surface area contributed by atoms with Gasteiger partial charge in [0.1, 0.15) is 0 Å². The molecular weight excluding hydrogens is 233 g/mol. The highest BCUT2D eigenvalue weighted by Gasteiger charge is 2.04. The van der Waals surface area contributed by atoms with Gasteiger partial charge in [-0.05, 0) is 11.4 Å². The van der Waals surface area contributed by atoms with Gasteiger partial charge in [0.15, 0.2) is 16.8 Å². The maximum atomic E-state index is 12.8. The molecule has 0 aliphatic carbocycles. The zero-order valence-corrected chi connectivity index (χ0v) is 9.32. The van der Waals surface area contributed by atoms with Gasteiger partial charge in [0, 0.05) is 10.6 Å². The Labute approximate surface area is 94.6 Å². The lowest BCUT2D eigenvalue weighted by atomic mass is 10.5. The van der Waals surface area contributed by atoms with Crippen LogP contribution in [0.4, 0.5) is 10.2 Å². The number of nitrogen functional groups attached to an aromatic ring is 1. The fourth-order valence-corrected chi connectivity index (χ4v) is 2.56. The van der Waals surface area contributed by atoms with Crippen LogP contribution in [0.5, 0.6) is 0 Å². The molecule has 2 aromatic rings. The third-order valence-electron chi connectivity index (χ3n) is 1.67. The van der Waals surface area contributed by atoms with Crippen LogP contribution in [0.25, 0.3) is 0 Å². The second kappa shape index (κ2) is 4.59. The molecule has 0 unspecified atom stereocenters. The molecule has 0 radical (unpaired) electrons. The highest BCUT2D eigenvalue weighted by atomic mass is 32.2. The van der Waals surface area contributed by atoms with Crippen molar-refractivity contribution in [3.8, 4) is 0 Å². The van der Waals surface area contributed by atoms with Gasteiger partial charge < -0.3 is 5.73 Å². The lowest BCUT2D eigenvalue weighted by molar-refractivity contribution is 0.612. The molecule has 0 saturated heterocycles. The minimum atomic E-state index is -0.574. The summed E-state index contributed by atoms with van der Waals surface area (Å²) in [4.78, 5) is 8.90. The lowest BCUT2D eigenvalue weighted by Gasteiger charge is -1.99. The molecule has 0 aromatic carbocycles. The van der Waals surface area contributed by atoms with E-state index in [2.05, 4.69) is 9.97 Å². The zero-order valence-electron chi connectivity index (χ0n) is 7.68. The summed E-state index contributed by atoms with van der Waals surface area (Å²) in [5.74, 6) is 0.108. The average Bonchev–Trinajstić information content (AvgIpc) is 2.73. The number of thiophene rings is 1. The van der Waals surface area contributed by atoms with Gasteiger partial charge >= 0.3 is 0 Å². The summed E-state index contributed by atoms with van der Waals surface area (Å²) in [5.41, 5.74) is 5.33. The van der Waals surface area contributed by atoms with E-state index in [1.807, 2.05) is 17.5 Å². The molecule has 2 rings (SSSR count). The number of hydrogen-bond acceptors (Lipinski definition) is 5. The van der Waals surface area contributed by atoms with E-state index in [1.165, 1.54) is 16.6 Å². The molecule has 0 fully saturated rings. The Balaban J connectivity index is 2.02. The molecule has 2 N–H and O–H groups in total. The first-order chi connectivity index (χ1) is 7.25. The summed E-state index contributed by atoms with van der Waals surface area (Å²) in [5, 5.41) is 2.51. The Bertz CT molecular complexity index is 445. The summed E-state index contributed by atoms with van der Waals surface area (Å²) in [7, 11) is 0. The molecule has 0 aliphatic heterocycles. The summed E-state index contributed by atoms with van der Waals surface area (Å²) in [6.45, 7) is 0. The molecule has 2 heterocycles. The third kappa shape index (κ3) is 2.66. The van der Waals surface area contributed by atoms with Crippen molar-refractivity contribution < 1.29 is 4.39 Å². The van der Waals surface area contributed by atoms with Gasteiger partial charge in [-0.15, -0.1) is 11.3 Å². The van der Waals surface area contributed by atoms with Crippen molar-refractivity contribution in [1.82, 2.24) is 9.97 Å². The van der Waals surface area contributed by atoms with Crippen LogP contribution in [0, 0.1) is 5.82 Å². The number of thioether (sulfide) groups is 1. The molecule has 15 heavy (non-hydrogen) atoms. The Morgan fingerprint density at radius 1 is 1.53 bits per heavy atom. The molecule has 0 atom stereocenters. The van der Waals surface area contributed by atoms with Crippen LogP contribution >= 0.6 is 23.1 Å². The molecule has 78 valence electrons. The zero-order chi connectivity index (χ0) is 10.7. The van der Waals surface area contributed by atoms with E-state index in [0.717, 1.165) is 11.9 Å². The SMILES string of the molecule is Nc1nc(SCc2cccs2)ncc1F. The first kappa shape index (κ1) is 10.4. The van der Waals surface area contributed by atoms with Gasteiger partial charge in [-0.1, -0.05) is 17.8 Å². The number of anilines is 1. The molecule has 0 bridgehead atoms. The van der Waals surface area contributed by atoms with Crippen LogP contribution in [0.15, 0.2) is 28.9 Å². The third-order valence-corrected chi connectivity index (χ3v) is 3.64. The van der Waals surface area contributed by atoms with Crippen molar-refractivity contribution in [3.05, 3.63) is 34.4 Å². The second-order valence-electron chi connectivity index (χ2n) is 2.75. The van der Waals surface area contributed by atoms with Crippen molar-refractivity contribution >= 4 is 28.9 Å². The van der Waals surface area contributed by atoms with E-state index in [4.69, 9.17) is 5.73 Å². The summed E-state index contributed by atoms with van der Waals surface area (Å²) in [6, 6.07) is 4.02. The van der Waals surface area contributed by atoms with Gasteiger partial charge in [0.25, 0.3) is 0 Å². The number of halogens is 1. The minimum absolute atomic E-state index is 0.0984. The van der Waals surface area contributed by atoms with E-state index < -0.39 is 5.82 Å². The van der Waals surface area contributed by atoms with Crippen LogP contribution in [0.1, 0.15) is 4.88 Å². The van der Waals surface area contributed by atoms with Crippen molar-refractivity contribution in [2.24, 2.45) is 0 Å². The molecule has 3 nitrogen and oxygen atoms in total. The smallest absolute Gasteiger partial charge is 0.190 e. The highest BCUT2D eigenvalue weighted by molar-refractivity contribution is 7.98. The largest absolute Gasteiger partial charge is 0.381 e. The van der Waals surface area contributed by atoms with Crippen LogP contribution in [-0.4, -0.2) is 9.97 Å². The predicted octanol–water partition coefficient (Wildman–Crippen LogP) is 2.55. The number of hydrogen-bond donors (Lipinski definition) is 1. The van der Waals surface area contributed by atoms with E-state index in [9.17, 15) is 4.39 Å². The molecule has 0 spiro atoms. The Hall–Kier alpha value is -1.14. The topological polar surface area (TPSA) is 51.8 Å². The van der Waals surface area contributed by atoms with Crippen LogP contribution in [0.2, 0.25) is 0 Å². The fraction of sp³-hybridized carbons (Fsp3) is 0.111. The van der Waals surface area contributed by atoms with Crippen molar-refractivity contribution in [2.45, 2.75) is 10.9 Å². The van der Waals surface area contributed by atoms with Crippen LogP contribution in [0.3, 0.4) is 0 Å². The van der Waals surface area contributed by atoms with Gasteiger partial charge in [0.05, 0.1) is 6.20 Å². The molecule has 0 aliphatic rings. The van der Waals surface area contributed by atoms with Gasteiger partial charge in [-0.25, -0.2) is 14.4 Å². The maximum Gasteiger partial charge on any atom is 0.190 e.